The Labute approximate surface area is 93.8 Å². The van der Waals surface area contributed by atoms with E-state index in [0.717, 1.165) is 25.2 Å². The molecule has 1 unspecified atom stereocenters. The highest BCUT2D eigenvalue weighted by Crippen LogP contribution is 2.17. The zero-order chi connectivity index (χ0) is 10.7. The predicted molar refractivity (Wildman–Crippen MR) is 61.1 cm³/mol. The molecule has 0 spiro atoms. The highest BCUT2D eigenvalue weighted by molar-refractivity contribution is 6.30. The second-order valence-corrected chi connectivity index (χ2v) is 4.13. The Hall–Kier alpha value is -1.06. The van der Waals surface area contributed by atoms with Crippen molar-refractivity contribution in [2.45, 2.75) is 6.42 Å². The van der Waals surface area contributed by atoms with Crippen LogP contribution < -0.4 is 10.6 Å². The zero-order valence-electron chi connectivity index (χ0n) is 8.29. The summed E-state index contributed by atoms with van der Waals surface area (Å²) < 4.78 is 0. The van der Waals surface area contributed by atoms with Crippen LogP contribution in [0.1, 0.15) is 6.42 Å². The molecule has 1 aromatic carbocycles. The molecule has 0 bridgehead atoms. The van der Waals surface area contributed by atoms with E-state index in [9.17, 15) is 4.79 Å². The molecule has 4 heteroatoms. The highest BCUT2D eigenvalue weighted by atomic mass is 35.5. The van der Waals surface area contributed by atoms with Crippen LogP contribution in [-0.2, 0) is 4.79 Å². The lowest BCUT2D eigenvalue weighted by Crippen LogP contribution is -2.24. The van der Waals surface area contributed by atoms with Gasteiger partial charge in [0.05, 0.1) is 5.92 Å². The van der Waals surface area contributed by atoms with Gasteiger partial charge in [-0.25, -0.2) is 0 Å². The maximum absolute atomic E-state index is 11.7. The van der Waals surface area contributed by atoms with Gasteiger partial charge in [-0.05, 0) is 31.2 Å². The number of amides is 1. The molecule has 1 aliphatic rings. The normalized spacial score (nSPS) is 20.2. The quantitative estimate of drug-likeness (QED) is 0.806. The van der Waals surface area contributed by atoms with Gasteiger partial charge in [0.25, 0.3) is 0 Å². The van der Waals surface area contributed by atoms with Gasteiger partial charge < -0.3 is 10.6 Å². The molecule has 0 saturated carbocycles. The van der Waals surface area contributed by atoms with Crippen LogP contribution in [0.2, 0.25) is 5.02 Å². The third kappa shape index (κ3) is 2.70. The fraction of sp³-hybridized carbons (Fsp3) is 0.364. The highest BCUT2D eigenvalue weighted by Gasteiger charge is 2.22. The minimum Gasteiger partial charge on any atom is -0.326 e. The van der Waals surface area contributed by atoms with Crippen LogP contribution in [0.15, 0.2) is 24.3 Å². The fourth-order valence-corrected chi connectivity index (χ4v) is 1.88. The van der Waals surface area contributed by atoms with Gasteiger partial charge in [0.1, 0.15) is 0 Å². The second-order valence-electron chi connectivity index (χ2n) is 3.69. The summed E-state index contributed by atoms with van der Waals surface area (Å²) in [6.45, 7) is 1.69. The van der Waals surface area contributed by atoms with Crippen LogP contribution >= 0.6 is 11.6 Å². The van der Waals surface area contributed by atoms with Crippen molar-refractivity contribution < 1.29 is 4.79 Å². The van der Waals surface area contributed by atoms with Crippen molar-refractivity contribution in [3.63, 3.8) is 0 Å². The number of anilines is 1. The van der Waals surface area contributed by atoms with E-state index in [2.05, 4.69) is 10.6 Å². The van der Waals surface area contributed by atoms with Crippen LogP contribution in [0, 0.1) is 5.92 Å². The number of halogens is 1. The van der Waals surface area contributed by atoms with Gasteiger partial charge in [0.2, 0.25) is 5.91 Å². The van der Waals surface area contributed by atoms with Crippen molar-refractivity contribution in [1.29, 1.82) is 0 Å². The van der Waals surface area contributed by atoms with Crippen molar-refractivity contribution in [1.82, 2.24) is 5.32 Å². The molecule has 15 heavy (non-hydrogen) atoms. The summed E-state index contributed by atoms with van der Waals surface area (Å²) in [6.07, 6.45) is 0.909. The molecule has 2 N–H and O–H groups in total. The van der Waals surface area contributed by atoms with Crippen molar-refractivity contribution in [3.05, 3.63) is 29.3 Å². The molecule has 1 fully saturated rings. The zero-order valence-corrected chi connectivity index (χ0v) is 9.05. The Morgan fingerprint density at radius 3 is 3.07 bits per heavy atom. The molecule has 1 heterocycles. The summed E-state index contributed by atoms with van der Waals surface area (Å²) in [5.74, 6) is 0.159. The first-order valence-corrected chi connectivity index (χ1v) is 5.40. The van der Waals surface area contributed by atoms with E-state index in [4.69, 9.17) is 11.6 Å². The van der Waals surface area contributed by atoms with Gasteiger partial charge in [-0.15, -0.1) is 0 Å². The monoisotopic (exact) mass is 224 g/mol. The molecular weight excluding hydrogens is 212 g/mol. The molecular formula is C11H13ClN2O. The van der Waals surface area contributed by atoms with E-state index in [1.807, 2.05) is 12.1 Å². The molecule has 1 amide bonds. The maximum atomic E-state index is 11.7. The van der Waals surface area contributed by atoms with Crippen LogP contribution in [0.3, 0.4) is 0 Å². The van der Waals surface area contributed by atoms with Crippen molar-refractivity contribution in [3.8, 4) is 0 Å². The molecule has 0 radical (unpaired) electrons. The number of nitrogens with one attached hydrogen (secondary N) is 2. The Morgan fingerprint density at radius 2 is 2.40 bits per heavy atom. The molecule has 1 atom stereocenters. The van der Waals surface area contributed by atoms with E-state index < -0.39 is 0 Å². The van der Waals surface area contributed by atoms with Crippen LogP contribution in [-0.4, -0.2) is 19.0 Å². The lowest BCUT2D eigenvalue weighted by Gasteiger charge is -2.09. The molecule has 2 rings (SSSR count). The van der Waals surface area contributed by atoms with E-state index in [0.29, 0.717) is 5.02 Å². The first-order chi connectivity index (χ1) is 7.25. The number of hydrogen-bond acceptors (Lipinski definition) is 2. The summed E-state index contributed by atoms with van der Waals surface area (Å²) >= 11 is 5.82. The van der Waals surface area contributed by atoms with Gasteiger partial charge in [-0.1, -0.05) is 17.7 Å². The lowest BCUT2D eigenvalue weighted by molar-refractivity contribution is -0.119. The van der Waals surface area contributed by atoms with Gasteiger partial charge >= 0.3 is 0 Å². The third-order valence-corrected chi connectivity index (χ3v) is 2.76. The molecule has 0 aromatic heterocycles. The van der Waals surface area contributed by atoms with Crippen molar-refractivity contribution in [2.75, 3.05) is 18.4 Å². The Balaban J connectivity index is 1.99. The number of hydrogen-bond donors (Lipinski definition) is 2. The second kappa shape index (κ2) is 4.64. The predicted octanol–water partition coefficient (Wildman–Crippen LogP) is 1.89. The van der Waals surface area contributed by atoms with Gasteiger partial charge in [0.15, 0.2) is 0 Å². The summed E-state index contributed by atoms with van der Waals surface area (Å²) in [6, 6.07) is 7.20. The number of rotatable bonds is 2. The van der Waals surface area contributed by atoms with Gasteiger partial charge in [0, 0.05) is 17.3 Å². The standard InChI is InChI=1S/C11H13ClN2O/c12-9-2-1-3-10(6-9)14-11(15)8-4-5-13-7-8/h1-3,6,8,13H,4-5,7H2,(H,14,15). The molecule has 1 aromatic rings. The largest absolute Gasteiger partial charge is 0.326 e. The smallest absolute Gasteiger partial charge is 0.228 e. The Bertz CT molecular complexity index is 361. The molecule has 80 valence electrons. The summed E-state index contributed by atoms with van der Waals surface area (Å²) in [4.78, 5) is 11.7. The number of benzene rings is 1. The molecule has 1 saturated heterocycles. The van der Waals surface area contributed by atoms with Gasteiger partial charge in [-0.2, -0.15) is 0 Å². The van der Waals surface area contributed by atoms with Crippen molar-refractivity contribution in [2.24, 2.45) is 5.92 Å². The van der Waals surface area contributed by atoms with E-state index >= 15 is 0 Å². The molecule has 3 nitrogen and oxygen atoms in total. The maximum Gasteiger partial charge on any atom is 0.228 e. The molecule has 1 aliphatic heterocycles. The number of carbonyl (C=O) groups excluding carboxylic acids is 1. The van der Waals surface area contributed by atoms with E-state index in [-0.39, 0.29) is 11.8 Å². The average molecular weight is 225 g/mol. The minimum atomic E-state index is 0.0715. The van der Waals surface area contributed by atoms with Gasteiger partial charge in [-0.3, -0.25) is 4.79 Å². The average Bonchev–Trinajstić information content (AvgIpc) is 2.70. The van der Waals surface area contributed by atoms with Crippen molar-refractivity contribution >= 4 is 23.2 Å². The topological polar surface area (TPSA) is 41.1 Å². The first-order valence-electron chi connectivity index (χ1n) is 5.03. The Kier molecular flexibility index (Phi) is 3.23. The lowest BCUT2D eigenvalue weighted by atomic mass is 10.1. The van der Waals surface area contributed by atoms with E-state index in [1.54, 1.807) is 12.1 Å². The van der Waals surface area contributed by atoms with Crippen LogP contribution in [0.5, 0.6) is 0 Å². The molecule has 0 aliphatic carbocycles. The SMILES string of the molecule is O=C(Nc1cccc(Cl)c1)C1CCNC1. The summed E-state index contributed by atoms with van der Waals surface area (Å²) in [5.41, 5.74) is 0.763. The third-order valence-electron chi connectivity index (χ3n) is 2.52. The minimum absolute atomic E-state index is 0.0715. The first kappa shape index (κ1) is 10.5. The van der Waals surface area contributed by atoms with Crippen LogP contribution in [0.25, 0.3) is 0 Å². The Morgan fingerprint density at radius 1 is 1.53 bits per heavy atom. The fourth-order valence-electron chi connectivity index (χ4n) is 1.69. The van der Waals surface area contributed by atoms with E-state index in [1.165, 1.54) is 0 Å². The summed E-state index contributed by atoms with van der Waals surface area (Å²) in [7, 11) is 0. The van der Waals surface area contributed by atoms with Crippen LogP contribution in [0.4, 0.5) is 5.69 Å². The number of carbonyl (C=O) groups is 1. The summed E-state index contributed by atoms with van der Waals surface area (Å²) in [5, 5.41) is 6.66.